The van der Waals surface area contributed by atoms with Crippen molar-refractivity contribution in [2.24, 2.45) is 5.73 Å². The van der Waals surface area contributed by atoms with E-state index in [0.717, 1.165) is 41.5 Å². The van der Waals surface area contributed by atoms with Crippen LogP contribution in [-0.4, -0.2) is 37.5 Å². The van der Waals surface area contributed by atoms with Gasteiger partial charge in [0.2, 0.25) is 5.91 Å². The summed E-state index contributed by atoms with van der Waals surface area (Å²) in [6.45, 7) is 3.56. The van der Waals surface area contributed by atoms with E-state index < -0.39 is 27.1 Å². The second-order valence-corrected chi connectivity index (χ2v) is 15.0. The third-order valence-corrected chi connectivity index (χ3v) is 11.6. The van der Waals surface area contributed by atoms with E-state index in [2.05, 4.69) is 61.2 Å². The minimum absolute atomic E-state index is 0.0399. The number of amides is 2. The third-order valence-electron chi connectivity index (χ3n) is 8.72. The maximum absolute atomic E-state index is 12.0. The molecule has 1 unspecified atom stereocenters. The van der Waals surface area contributed by atoms with Gasteiger partial charge in [0.25, 0.3) is 0 Å². The number of nitrogens with zero attached hydrogens (tertiary/aromatic N) is 1. The number of aryl methyl sites for hydroxylation is 1. The van der Waals surface area contributed by atoms with Gasteiger partial charge in [0.05, 0.1) is 10.9 Å². The largest absolute Gasteiger partial charge is 0.443 e. The summed E-state index contributed by atoms with van der Waals surface area (Å²) in [7, 11) is -3.29. The summed E-state index contributed by atoms with van der Waals surface area (Å²) in [5, 5.41) is 11.1. The molecule has 1 atom stereocenters. The van der Waals surface area contributed by atoms with Crippen LogP contribution in [-0.2, 0) is 38.6 Å². The third kappa shape index (κ3) is 7.51. The van der Waals surface area contributed by atoms with Gasteiger partial charge in [0, 0.05) is 21.6 Å². The number of hydroxylamine groups is 1. The molecule has 1 aromatic heterocycles. The van der Waals surface area contributed by atoms with Crippen LogP contribution in [0.5, 0.6) is 0 Å². The fourth-order valence-corrected chi connectivity index (χ4v) is 8.61. The number of nitrogens with two attached hydrogens (primary N) is 1. The Kier molecular flexibility index (Phi) is 10.1. The topological polar surface area (TPSA) is 127 Å². The highest BCUT2D eigenvalue weighted by Crippen LogP contribution is 2.42. The number of sulfone groups is 1. The van der Waals surface area contributed by atoms with Crippen LogP contribution in [0, 0.1) is 0 Å². The molecule has 0 fully saturated rings. The van der Waals surface area contributed by atoms with Crippen molar-refractivity contribution in [2.45, 2.75) is 37.4 Å². The maximum Gasteiger partial charge on any atom is 0.438 e. The molecular weight excluding hydrogens is 657 g/mol. The van der Waals surface area contributed by atoms with Crippen molar-refractivity contribution < 1.29 is 28.0 Å². The average Bonchev–Trinajstić information content (AvgIpc) is 3.61. The zero-order valence-corrected chi connectivity index (χ0v) is 28.4. The van der Waals surface area contributed by atoms with E-state index in [0.29, 0.717) is 10.8 Å². The van der Waals surface area contributed by atoms with Gasteiger partial charge in [-0.15, -0.1) is 11.3 Å². The number of thiophene rings is 1. The van der Waals surface area contributed by atoms with Crippen LogP contribution in [0.15, 0.2) is 109 Å². The van der Waals surface area contributed by atoms with Gasteiger partial charge in [-0.3, -0.25) is 10.0 Å². The average molecular weight is 693 g/mol. The molecule has 0 bridgehead atoms. The summed E-state index contributed by atoms with van der Waals surface area (Å²) >= 11 is 1.73. The molecule has 8 nitrogen and oxygen atoms in total. The normalized spacial score (nSPS) is 16.5. The molecule has 0 saturated carbocycles. The zero-order valence-electron chi connectivity index (χ0n) is 26.7. The summed E-state index contributed by atoms with van der Waals surface area (Å²) in [6, 6.07) is 24.9. The van der Waals surface area contributed by atoms with Crippen molar-refractivity contribution in [3.8, 4) is 21.6 Å². The van der Waals surface area contributed by atoms with Crippen LogP contribution in [0.1, 0.15) is 40.0 Å². The maximum atomic E-state index is 12.0. The summed E-state index contributed by atoms with van der Waals surface area (Å²) in [6.07, 6.45) is 11.6. The van der Waals surface area contributed by atoms with Crippen LogP contribution in [0.4, 0.5) is 10.5 Å². The molecule has 4 aromatic rings. The van der Waals surface area contributed by atoms with E-state index >= 15 is 0 Å². The number of allylic oxidation sites excluding steroid dienone is 3. The van der Waals surface area contributed by atoms with Gasteiger partial charge in [-0.2, -0.15) is 5.06 Å². The Balaban J connectivity index is 0.000000295. The van der Waals surface area contributed by atoms with Crippen molar-refractivity contribution in [2.75, 3.05) is 11.7 Å². The summed E-state index contributed by atoms with van der Waals surface area (Å²) < 4.78 is 27.3. The first-order chi connectivity index (χ1) is 23.6. The van der Waals surface area contributed by atoms with Crippen LogP contribution >= 0.6 is 11.3 Å². The molecule has 0 spiro atoms. The molecule has 3 aliphatic rings. The summed E-state index contributed by atoms with van der Waals surface area (Å²) in [5.74, 6) is -0.608. The Morgan fingerprint density at radius 1 is 0.939 bits per heavy atom. The van der Waals surface area contributed by atoms with Crippen LogP contribution in [0.3, 0.4) is 0 Å². The molecular formula is C39H36N2O6S2. The van der Waals surface area contributed by atoms with Crippen molar-refractivity contribution in [1.29, 1.82) is 0 Å². The highest BCUT2D eigenvalue weighted by atomic mass is 32.2. The van der Waals surface area contributed by atoms with Crippen molar-refractivity contribution >= 4 is 50.5 Å². The summed E-state index contributed by atoms with van der Waals surface area (Å²) in [4.78, 5) is 24.8. The number of fused-ring (bicyclic) bond motifs is 5. The highest BCUT2D eigenvalue weighted by Gasteiger charge is 2.24. The molecule has 3 N–H and O–H groups in total. The molecule has 1 aliphatic heterocycles. The van der Waals surface area contributed by atoms with E-state index in [1.165, 1.54) is 62.1 Å². The number of hydrogen-bond acceptors (Lipinski definition) is 7. The van der Waals surface area contributed by atoms with Gasteiger partial charge in [-0.25, -0.2) is 13.2 Å². The molecule has 49 heavy (non-hydrogen) atoms. The summed E-state index contributed by atoms with van der Waals surface area (Å²) in [5.41, 5.74) is 16.2. The number of carbonyl (C=O) groups is 2. The molecule has 10 heteroatoms. The monoisotopic (exact) mass is 692 g/mol. The minimum Gasteiger partial charge on any atom is -0.443 e. The Morgan fingerprint density at radius 3 is 2.53 bits per heavy atom. The molecule has 7 rings (SSSR count). The lowest BCUT2D eigenvalue weighted by molar-refractivity contribution is -0.117. The number of hydrogen-bond donors (Lipinski definition) is 2. The van der Waals surface area contributed by atoms with E-state index in [1.54, 1.807) is 29.5 Å². The van der Waals surface area contributed by atoms with Gasteiger partial charge in [0.1, 0.15) is 6.61 Å². The van der Waals surface area contributed by atoms with Gasteiger partial charge in [-0.1, -0.05) is 85.5 Å². The first-order valence-electron chi connectivity index (χ1n) is 15.9. The highest BCUT2D eigenvalue weighted by molar-refractivity contribution is 7.95. The van der Waals surface area contributed by atoms with E-state index in [1.807, 2.05) is 12.1 Å². The van der Waals surface area contributed by atoms with Crippen LogP contribution in [0.2, 0.25) is 0 Å². The van der Waals surface area contributed by atoms with Crippen molar-refractivity contribution in [3.63, 3.8) is 0 Å². The number of carbonyl (C=O) groups excluding carboxylic acids is 2. The Bertz CT molecular complexity index is 2130. The van der Waals surface area contributed by atoms with Crippen LogP contribution in [0.25, 0.3) is 33.2 Å². The fraction of sp³-hybridized carbons (Fsp3) is 0.179. The molecule has 2 aliphatic carbocycles. The second-order valence-electron chi connectivity index (χ2n) is 11.9. The van der Waals surface area contributed by atoms with E-state index in [-0.39, 0.29) is 13.0 Å². The predicted molar refractivity (Wildman–Crippen MR) is 196 cm³/mol. The van der Waals surface area contributed by atoms with Gasteiger partial charge in [-0.05, 0) is 94.5 Å². The number of anilines is 1. The van der Waals surface area contributed by atoms with Gasteiger partial charge < -0.3 is 10.5 Å². The second kappa shape index (κ2) is 14.6. The minimum atomic E-state index is -3.29. The molecule has 2 heterocycles. The molecule has 3 aromatic carbocycles. The Labute approximate surface area is 290 Å². The molecule has 2 amide bonds. The van der Waals surface area contributed by atoms with Crippen LogP contribution < -0.4 is 10.8 Å². The first kappa shape index (κ1) is 33.9. The van der Waals surface area contributed by atoms with Gasteiger partial charge >= 0.3 is 6.09 Å². The fourth-order valence-electron chi connectivity index (χ4n) is 6.34. The number of benzene rings is 3. The lowest BCUT2D eigenvalue weighted by atomic mass is 9.78. The standard InChI is InChI=1S/C32H27NO3S.C7H9NO3S/c1-2-18-36-32(34)33(35)25-8-5-7-23(20-25)30-16-17-31(37-30)24-12-13-27-22(19-24)11-15-28-26-9-4-3-6-21(26)10-14-29(27)28;8-7(9)5-6-3-1-2-4-12(6,10)11/h2-9,11,15-17,19-20,35H,1,10,12-14,18H2;1-4,6H,5H2,(H2,8,9). The molecule has 0 radical (unpaired) electrons. The van der Waals surface area contributed by atoms with Crippen molar-refractivity contribution in [1.82, 2.24) is 0 Å². The lowest BCUT2D eigenvalue weighted by Gasteiger charge is -2.26. The van der Waals surface area contributed by atoms with Crippen molar-refractivity contribution in [3.05, 3.63) is 136 Å². The Hall–Kier alpha value is -5.03. The first-order valence-corrected chi connectivity index (χ1v) is 18.3. The Morgan fingerprint density at radius 2 is 1.73 bits per heavy atom. The molecule has 0 saturated heterocycles. The zero-order chi connectivity index (χ0) is 34.5. The number of rotatable bonds is 7. The van der Waals surface area contributed by atoms with E-state index in [4.69, 9.17) is 10.5 Å². The SMILES string of the molecule is C=CCOC(=O)N(O)c1cccc(-c2ccc(C3=Cc4ccc5c(c4CC3)CCc3ccccc3-5)s2)c1.NC(=O)CC1C=CC=CS1(=O)=O. The predicted octanol–water partition coefficient (Wildman–Crippen LogP) is 7.91. The smallest absolute Gasteiger partial charge is 0.438 e. The quantitative estimate of drug-likeness (QED) is 0.115. The molecule has 250 valence electrons. The lowest BCUT2D eigenvalue weighted by Crippen LogP contribution is -2.27. The number of primary amides is 1. The van der Waals surface area contributed by atoms with Gasteiger partial charge in [0.15, 0.2) is 9.84 Å². The van der Waals surface area contributed by atoms with E-state index in [9.17, 15) is 23.2 Å². The number of ether oxygens (including phenoxy) is 1.